The minimum Gasteiger partial charge on any atom is -0.396 e. The number of nitrogens with one attached hydrogen (secondary N) is 1. The summed E-state index contributed by atoms with van der Waals surface area (Å²) < 4.78 is 0. The van der Waals surface area contributed by atoms with E-state index < -0.39 is 0 Å². The first kappa shape index (κ1) is 10.5. The van der Waals surface area contributed by atoms with Gasteiger partial charge in [0, 0.05) is 19.6 Å². The largest absolute Gasteiger partial charge is 0.396 e. The third-order valence-electron chi connectivity index (χ3n) is 1.56. The predicted octanol–water partition coefficient (Wildman–Crippen LogP) is 0.618. The lowest BCUT2D eigenvalue weighted by Crippen LogP contribution is -2.22. The van der Waals surface area contributed by atoms with Gasteiger partial charge in [-0.1, -0.05) is 6.92 Å². The Morgan fingerprint density at radius 1 is 1.64 bits per heavy atom. The van der Waals surface area contributed by atoms with E-state index in [1.807, 2.05) is 0 Å². The van der Waals surface area contributed by atoms with E-state index in [-0.39, 0.29) is 6.61 Å². The van der Waals surface area contributed by atoms with Crippen LogP contribution in [-0.2, 0) is 0 Å². The molecule has 1 atom stereocenters. The number of hydrogen-bond donors (Lipinski definition) is 2. The second-order valence-electron chi connectivity index (χ2n) is 2.78. The first-order chi connectivity index (χ1) is 5.31. The molecule has 2 heteroatoms. The number of aliphatic hydroxyl groups is 1. The predicted molar refractivity (Wildman–Crippen MR) is 47.2 cm³/mol. The molecule has 0 rings (SSSR count). The molecule has 0 aromatic carbocycles. The molecule has 0 aromatic rings. The van der Waals surface area contributed by atoms with E-state index in [1.165, 1.54) is 0 Å². The topological polar surface area (TPSA) is 32.3 Å². The van der Waals surface area contributed by atoms with Gasteiger partial charge in [0.1, 0.15) is 0 Å². The molecule has 0 saturated carbocycles. The summed E-state index contributed by atoms with van der Waals surface area (Å²) in [5.74, 6) is 3.10. The van der Waals surface area contributed by atoms with Crippen LogP contribution in [-0.4, -0.2) is 24.8 Å². The van der Waals surface area contributed by atoms with Crippen LogP contribution in [0, 0.1) is 18.3 Å². The highest BCUT2D eigenvalue weighted by molar-refractivity contribution is 4.84. The van der Waals surface area contributed by atoms with E-state index >= 15 is 0 Å². The zero-order valence-electron chi connectivity index (χ0n) is 7.14. The summed E-state index contributed by atoms with van der Waals surface area (Å²) >= 11 is 0. The molecule has 0 radical (unpaired) electrons. The van der Waals surface area contributed by atoms with Gasteiger partial charge in [0.25, 0.3) is 0 Å². The highest BCUT2D eigenvalue weighted by atomic mass is 16.3. The van der Waals surface area contributed by atoms with Crippen LogP contribution in [0.5, 0.6) is 0 Å². The molecule has 0 heterocycles. The Bertz CT molecular complexity index is 117. The standard InChI is InChI=1S/C9H17NO/c1-3-4-6-10-8-9(2)5-7-11/h1,9-11H,4-8H2,2H3. The van der Waals surface area contributed by atoms with Crippen LogP contribution in [0.15, 0.2) is 0 Å². The molecule has 0 aliphatic rings. The third kappa shape index (κ3) is 7.38. The maximum atomic E-state index is 8.58. The Hall–Kier alpha value is -0.520. The van der Waals surface area contributed by atoms with Gasteiger partial charge in [0.05, 0.1) is 0 Å². The van der Waals surface area contributed by atoms with Crippen molar-refractivity contribution < 1.29 is 5.11 Å². The van der Waals surface area contributed by atoms with Crippen LogP contribution in [0.1, 0.15) is 19.8 Å². The van der Waals surface area contributed by atoms with Crippen molar-refractivity contribution in [1.29, 1.82) is 0 Å². The monoisotopic (exact) mass is 155 g/mol. The molecule has 11 heavy (non-hydrogen) atoms. The normalized spacial score (nSPS) is 12.5. The van der Waals surface area contributed by atoms with Gasteiger partial charge in [-0.3, -0.25) is 0 Å². The smallest absolute Gasteiger partial charge is 0.0434 e. The first-order valence-electron chi connectivity index (χ1n) is 4.06. The van der Waals surface area contributed by atoms with Gasteiger partial charge in [0.2, 0.25) is 0 Å². The fraction of sp³-hybridized carbons (Fsp3) is 0.778. The molecule has 0 aromatic heterocycles. The Labute approximate surface area is 69.0 Å². The van der Waals surface area contributed by atoms with Gasteiger partial charge in [0.15, 0.2) is 0 Å². The van der Waals surface area contributed by atoms with Crippen LogP contribution in [0.25, 0.3) is 0 Å². The summed E-state index contributed by atoms with van der Waals surface area (Å²) in [5.41, 5.74) is 0. The fourth-order valence-electron chi connectivity index (χ4n) is 0.831. The number of rotatable bonds is 6. The van der Waals surface area contributed by atoms with E-state index in [4.69, 9.17) is 11.5 Å². The van der Waals surface area contributed by atoms with Crippen molar-refractivity contribution in [2.45, 2.75) is 19.8 Å². The van der Waals surface area contributed by atoms with Crippen LogP contribution in [0.3, 0.4) is 0 Å². The van der Waals surface area contributed by atoms with Gasteiger partial charge in [-0.05, 0) is 18.9 Å². The Kier molecular flexibility index (Phi) is 7.23. The van der Waals surface area contributed by atoms with Crippen LogP contribution < -0.4 is 5.32 Å². The Morgan fingerprint density at radius 3 is 2.91 bits per heavy atom. The molecule has 2 nitrogen and oxygen atoms in total. The van der Waals surface area contributed by atoms with Gasteiger partial charge in [-0.25, -0.2) is 0 Å². The molecule has 0 amide bonds. The highest BCUT2D eigenvalue weighted by Crippen LogP contribution is 1.97. The molecule has 0 saturated heterocycles. The quantitative estimate of drug-likeness (QED) is 0.435. The van der Waals surface area contributed by atoms with E-state index in [0.29, 0.717) is 5.92 Å². The van der Waals surface area contributed by atoms with Crippen LogP contribution in [0.4, 0.5) is 0 Å². The van der Waals surface area contributed by atoms with Gasteiger partial charge < -0.3 is 10.4 Å². The fourth-order valence-corrected chi connectivity index (χ4v) is 0.831. The van der Waals surface area contributed by atoms with E-state index in [2.05, 4.69) is 18.2 Å². The molecule has 0 fully saturated rings. The SMILES string of the molecule is C#CCCNCC(C)CCO. The third-order valence-corrected chi connectivity index (χ3v) is 1.56. The summed E-state index contributed by atoms with van der Waals surface area (Å²) in [4.78, 5) is 0. The van der Waals surface area contributed by atoms with E-state index in [0.717, 1.165) is 25.9 Å². The summed E-state index contributed by atoms with van der Waals surface area (Å²) in [7, 11) is 0. The van der Waals surface area contributed by atoms with Crippen molar-refractivity contribution in [3.8, 4) is 12.3 Å². The van der Waals surface area contributed by atoms with Crippen molar-refractivity contribution in [3.63, 3.8) is 0 Å². The van der Waals surface area contributed by atoms with Crippen molar-refractivity contribution >= 4 is 0 Å². The maximum Gasteiger partial charge on any atom is 0.0434 e. The van der Waals surface area contributed by atoms with Crippen molar-refractivity contribution in [3.05, 3.63) is 0 Å². The second-order valence-corrected chi connectivity index (χ2v) is 2.78. The molecular weight excluding hydrogens is 138 g/mol. The van der Waals surface area contributed by atoms with E-state index in [9.17, 15) is 0 Å². The van der Waals surface area contributed by atoms with Crippen LogP contribution in [0.2, 0.25) is 0 Å². The molecule has 1 unspecified atom stereocenters. The maximum absolute atomic E-state index is 8.58. The summed E-state index contributed by atoms with van der Waals surface area (Å²) in [5, 5.41) is 11.8. The molecule has 0 aliphatic heterocycles. The minimum absolute atomic E-state index is 0.276. The Balaban J connectivity index is 3.05. The second kappa shape index (κ2) is 7.59. The average Bonchev–Trinajstić information content (AvgIpc) is 1.99. The lowest BCUT2D eigenvalue weighted by atomic mass is 10.1. The minimum atomic E-state index is 0.276. The van der Waals surface area contributed by atoms with E-state index in [1.54, 1.807) is 0 Å². The van der Waals surface area contributed by atoms with Crippen molar-refractivity contribution in [1.82, 2.24) is 5.32 Å². The lowest BCUT2D eigenvalue weighted by Gasteiger charge is -2.09. The molecular formula is C9H17NO. The van der Waals surface area contributed by atoms with Gasteiger partial charge in [-0.15, -0.1) is 12.3 Å². The lowest BCUT2D eigenvalue weighted by molar-refractivity contribution is 0.260. The summed E-state index contributed by atoms with van der Waals surface area (Å²) in [6.07, 6.45) is 6.72. The number of terminal acetylenes is 1. The summed E-state index contributed by atoms with van der Waals surface area (Å²) in [6.45, 7) is 4.21. The Morgan fingerprint density at radius 2 is 2.36 bits per heavy atom. The molecule has 64 valence electrons. The zero-order valence-corrected chi connectivity index (χ0v) is 7.14. The van der Waals surface area contributed by atoms with Crippen LogP contribution >= 0.6 is 0 Å². The van der Waals surface area contributed by atoms with Gasteiger partial charge in [-0.2, -0.15) is 0 Å². The highest BCUT2D eigenvalue weighted by Gasteiger charge is 1.98. The first-order valence-corrected chi connectivity index (χ1v) is 4.06. The van der Waals surface area contributed by atoms with Crippen molar-refractivity contribution in [2.24, 2.45) is 5.92 Å². The molecule has 0 aliphatic carbocycles. The summed E-state index contributed by atoms with van der Waals surface area (Å²) in [6, 6.07) is 0. The zero-order chi connectivity index (χ0) is 8.53. The molecule has 0 bridgehead atoms. The average molecular weight is 155 g/mol. The molecule has 2 N–H and O–H groups in total. The number of hydrogen-bond acceptors (Lipinski definition) is 2. The van der Waals surface area contributed by atoms with Crippen molar-refractivity contribution in [2.75, 3.05) is 19.7 Å². The molecule has 0 spiro atoms. The number of aliphatic hydroxyl groups excluding tert-OH is 1. The van der Waals surface area contributed by atoms with Gasteiger partial charge >= 0.3 is 0 Å².